The molecule has 0 heterocycles. The summed E-state index contributed by atoms with van der Waals surface area (Å²) in [6.07, 6.45) is 1.53. The zero-order valence-corrected chi connectivity index (χ0v) is 12.0. The summed E-state index contributed by atoms with van der Waals surface area (Å²) >= 11 is 0. The molecule has 3 heteroatoms. The third-order valence-electron chi connectivity index (χ3n) is 3.82. The van der Waals surface area contributed by atoms with Crippen LogP contribution in [-0.2, 0) is 6.42 Å². The van der Waals surface area contributed by atoms with E-state index in [0.29, 0.717) is 0 Å². The molecule has 1 aromatic rings. The number of benzene rings is 1. The molecule has 1 fully saturated rings. The second-order valence-electron chi connectivity index (χ2n) is 6.94. The predicted molar refractivity (Wildman–Crippen MR) is 74.1 cm³/mol. The average Bonchev–Trinajstić information content (AvgIpc) is 2.80. The number of nitrogens with one attached hydrogen (secondary N) is 1. The van der Waals surface area contributed by atoms with E-state index in [1.165, 1.54) is 6.07 Å². The van der Waals surface area contributed by atoms with Gasteiger partial charge < -0.3 is 0 Å². The van der Waals surface area contributed by atoms with Crippen LogP contribution < -0.4 is 5.32 Å². The maximum Gasteiger partial charge on any atom is 0.123 e. The summed E-state index contributed by atoms with van der Waals surface area (Å²) < 4.78 is 13.2. The molecule has 0 radical (unpaired) electrons. The Morgan fingerprint density at radius 1 is 1.42 bits per heavy atom. The summed E-state index contributed by atoms with van der Waals surface area (Å²) in [6, 6.07) is 9.08. The van der Waals surface area contributed by atoms with E-state index in [-0.39, 0.29) is 16.8 Å². The summed E-state index contributed by atoms with van der Waals surface area (Å²) in [5.74, 6) is -0.215. The monoisotopic (exact) mass is 260 g/mol. The average molecular weight is 260 g/mol. The zero-order valence-electron chi connectivity index (χ0n) is 12.0. The molecule has 0 bridgehead atoms. The summed E-state index contributed by atoms with van der Waals surface area (Å²) in [5, 5.41) is 12.9. The van der Waals surface area contributed by atoms with Gasteiger partial charge >= 0.3 is 0 Å². The topological polar surface area (TPSA) is 35.8 Å². The van der Waals surface area contributed by atoms with Crippen molar-refractivity contribution >= 4 is 0 Å². The van der Waals surface area contributed by atoms with Crippen molar-refractivity contribution in [3.63, 3.8) is 0 Å². The van der Waals surface area contributed by atoms with Crippen LogP contribution >= 0.6 is 0 Å². The largest absolute Gasteiger partial charge is 0.294 e. The molecular weight excluding hydrogens is 239 g/mol. The Hall–Kier alpha value is -1.40. The highest BCUT2D eigenvalue weighted by Crippen LogP contribution is 2.58. The van der Waals surface area contributed by atoms with Gasteiger partial charge in [0.15, 0.2) is 0 Å². The van der Waals surface area contributed by atoms with Crippen molar-refractivity contribution in [3.05, 3.63) is 35.6 Å². The molecule has 2 atom stereocenters. The van der Waals surface area contributed by atoms with Gasteiger partial charge in [-0.3, -0.25) is 5.32 Å². The fourth-order valence-corrected chi connectivity index (χ4v) is 2.89. The van der Waals surface area contributed by atoms with E-state index >= 15 is 0 Å². The molecule has 1 aliphatic rings. The smallest absolute Gasteiger partial charge is 0.123 e. The van der Waals surface area contributed by atoms with Gasteiger partial charge in [0.1, 0.15) is 11.4 Å². The van der Waals surface area contributed by atoms with Crippen molar-refractivity contribution in [2.24, 2.45) is 5.41 Å². The molecular formula is C16H21FN2. The molecule has 0 saturated heterocycles. The van der Waals surface area contributed by atoms with E-state index in [0.717, 1.165) is 18.4 Å². The van der Waals surface area contributed by atoms with Gasteiger partial charge in [0, 0.05) is 11.0 Å². The van der Waals surface area contributed by atoms with E-state index in [9.17, 15) is 9.65 Å². The van der Waals surface area contributed by atoms with Crippen LogP contribution in [0.4, 0.5) is 4.39 Å². The highest BCUT2D eigenvalue weighted by atomic mass is 19.1. The zero-order chi connectivity index (χ0) is 14.3. The van der Waals surface area contributed by atoms with Crippen LogP contribution in [-0.4, -0.2) is 11.1 Å². The van der Waals surface area contributed by atoms with Gasteiger partial charge in [-0.05, 0) is 51.3 Å². The van der Waals surface area contributed by atoms with E-state index in [2.05, 4.69) is 39.1 Å². The first-order chi connectivity index (χ1) is 8.70. The maximum absolute atomic E-state index is 13.2. The lowest BCUT2D eigenvalue weighted by atomic mass is 9.92. The third-order valence-corrected chi connectivity index (χ3v) is 3.82. The lowest BCUT2D eigenvalue weighted by Crippen LogP contribution is -2.47. The van der Waals surface area contributed by atoms with Crippen molar-refractivity contribution in [2.45, 2.75) is 51.6 Å². The van der Waals surface area contributed by atoms with Crippen LogP contribution in [0.2, 0.25) is 0 Å². The summed E-state index contributed by atoms with van der Waals surface area (Å²) in [4.78, 5) is 0. The molecule has 0 unspecified atom stereocenters. The first-order valence-corrected chi connectivity index (χ1v) is 6.65. The number of rotatable bonds is 3. The van der Waals surface area contributed by atoms with Gasteiger partial charge in [0.05, 0.1) is 6.07 Å². The fraction of sp³-hybridized carbons (Fsp3) is 0.562. The molecule has 2 rings (SSSR count). The molecule has 19 heavy (non-hydrogen) atoms. The van der Waals surface area contributed by atoms with Gasteiger partial charge in [0.25, 0.3) is 0 Å². The van der Waals surface area contributed by atoms with Crippen molar-refractivity contribution in [1.29, 1.82) is 5.26 Å². The molecule has 1 aliphatic carbocycles. The van der Waals surface area contributed by atoms with Gasteiger partial charge in [-0.1, -0.05) is 19.1 Å². The number of nitrogens with zero attached hydrogens (tertiary/aromatic N) is 1. The van der Waals surface area contributed by atoms with Gasteiger partial charge in [0.2, 0.25) is 0 Å². The molecule has 1 saturated carbocycles. The summed E-state index contributed by atoms with van der Waals surface area (Å²) in [7, 11) is 0. The van der Waals surface area contributed by atoms with Crippen LogP contribution in [0.3, 0.4) is 0 Å². The maximum atomic E-state index is 13.2. The molecule has 2 nitrogen and oxygen atoms in total. The number of halogens is 1. The normalized spacial score (nSPS) is 29.9. The Morgan fingerprint density at radius 3 is 2.63 bits per heavy atom. The molecule has 1 N–H and O–H groups in total. The molecule has 0 aromatic heterocycles. The van der Waals surface area contributed by atoms with Gasteiger partial charge in [-0.2, -0.15) is 5.26 Å². The quantitative estimate of drug-likeness (QED) is 0.903. The van der Waals surface area contributed by atoms with Crippen LogP contribution in [0.5, 0.6) is 0 Å². The minimum absolute atomic E-state index is 0.102. The lowest BCUT2D eigenvalue weighted by Gasteiger charge is -2.28. The number of nitriles is 1. The predicted octanol–water partition coefficient (Wildman–Crippen LogP) is 3.43. The Kier molecular flexibility index (Phi) is 3.18. The molecule has 0 amide bonds. The Bertz CT molecular complexity index is 526. The van der Waals surface area contributed by atoms with E-state index in [1.807, 2.05) is 6.07 Å². The van der Waals surface area contributed by atoms with Crippen molar-refractivity contribution < 1.29 is 4.39 Å². The van der Waals surface area contributed by atoms with E-state index in [1.54, 1.807) is 12.1 Å². The van der Waals surface area contributed by atoms with Crippen LogP contribution in [0, 0.1) is 22.6 Å². The van der Waals surface area contributed by atoms with E-state index < -0.39 is 5.54 Å². The fourth-order valence-electron chi connectivity index (χ4n) is 2.89. The molecule has 0 spiro atoms. The van der Waals surface area contributed by atoms with Crippen molar-refractivity contribution in [3.8, 4) is 6.07 Å². The number of hydrogen-bond donors (Lipinski definition) is 1. The van der Waals surface area contributed by atoms with Crippen molar-refractivity contribution in [2.75, 3.05) is 0 Å². The lowest BCUT2D eigenvalue weighted by molar-refractivity contribution is 0.333. The van der Waals surface area contributed by atoms with Gasteiger partial charge in [-0.15, -0.1) is 0 Å². The third kappa shape index (κ3) is 2.79. The Balaban J connectivity index is 2.16. The van der Waals surface area contributed by atoms with Gasteiger partial charge in [-0.25, -0.2) is 4.39 Å². The second-order valence-corrected chi connectivity index (χ2v) is 6.94. The van der Waals surface area contributed by atoms with Crippen LogP contribution in [0.25, 0.3) is 0 Å². The molecule has 1 aromatic carbocycles. The molecule has 0 aliphatic heterocycles. The number of hydrogen-bond acceptors (Lipinski definition) is 2. The summed E-state index contributed by atoms with van der Waals surface area (Å²) in [5.41, 5.74) is 0.242. The van der Waals surface area contributed by atoms with Crippen molar-refractivity contribution in [1.82, 2.24) is 5.32 Å². The highest BCUT2D eigenvalue weighted by Gasteiger charge is 2.65. The SMILES string of the molecule is CC(C)(C)N[C@@]1(C#N)C[C@@]1(C)Cc1cccc(F)c1. The molecule has 102 valence electrons. The highest BCUT2D eigenvalue weighted by molar-refractivity contribution is 5.35. The minimum atomic E-state index is -0.489. The van der Waals surface area contributed by atoms with E-state index in [4.69, 9.17) is 0 Å². The standard InChI is InChI=1S/C16H21FN2/c1-14(2,3)19-16(11-18)10-15(16,4)9-12-6-5-7-13(17)8-12/h5-8,19H,9-10H2,1-4H3/t15-,16-/m1/s1. The van der Waals surface area contributed by atoms with Crippen LogP contribution in [0.1, 0.15) is 39.7 Å². The minimum Gasteiger partial charge on any atom is -0.294 e. The first kappa shape index (κ1) is 14.0. The van der Waals surface area contributed by atoms with Crippen LogP contribution in [0.15, 0.2) is 24.3 Å². The Morgan fingerprint density at radius 2 is 2.11 bits per heavy atom. The first-order valence-electron chi connectivity index (χ1n) is 6.65. The Labute approximate surface area is 114 Å². The second kappa shape index (κ2) is 4.31. The summed E-state index contributed by atoms with van der Waals surface area (Å²) in [6.45, 7) is 8.28.